The lowest BCUT2D eigenvalue weighted by molar-refractivity contribution is -0.137. The number of aliphatic carboxylic acids is 1. The van der Waals surface area contributed by atoms with Gasteiger partial charge in [-0.15, -0.1) is 0 Å². The number of carboxylic acid groups (broad SMARTS) is 1. The molecule has 30 heavy (non-hydrogen) atoms. The zero-order chi connectivity index (χ0) is 21.5. The summed E-state index contributed by atoms with van der Waals surface area (Å²) in [6, 6.07) is 13.1. The molecule has 1 saturated heterocycles. The number of thiocarbonyl (C=S) groups is 1. The van der Waals surface area contributed by atoms with Gasteiger partial charge in [-0.2, -0.15) is 0 Å². The van der Waals surface area contributed by atoms with Crippen LogP contribution in [0.15, 0.2) is 47.4 Å². The summed E-state index contributed by atoms with van der Waals surface area (Å²) >= 11 is 6.61. The van der Waals surface area contributed by atoms with Crippen LogP contribution < -0.4 is 0 Å². The largest absolute Gasteiger partial charge is 0.481 e. The molecule has 1 aliphatic heterocycles. The molecule has 0 bridgehead atoms. The molecule has 1 aromatic carbocycles. The van der Waals surface area contributed by atoms with E-state index < -0.39 is 5.97 Å². The molecule has 0 saturated carbocycles. The number of benzene rings is 1. The van der Waals surface area contributed by atoms with Crippen LogP contribution >= 0.6 is 24.0 Å². The van der Waals surface area contributed by atoms with E-state index in [1.807, 2.05) is 42.5 Å². The molecule has 1 amide bonds. The van der Waals surface area contributed by atoms with Gasteiger partial charge in [-0.05, 0) is 36.6 Å². The molecule has 0 atom stereocenters. The number of rotatable bonds is 9. The Morgan fingerprint density at radius 1 is 1.13 bits per heavy atom. The van der Waals surface area contributed by atoms with Crippen LogP contribution in [0.3, 0.4) is 0 Å². The highest BCUT2D eigenvalue weighted by Gasteiger charge is 2.31. The Hall–Kier alpha value is -2.55. The zero-order valence-electron chi connectivity index (χ0n) is 16.3. The molecular weight excluding hydrogens is 420 g/mol. The van der Waals surface area contributed by atoms with Crippen LogP contribution in [-0.2, 0) is 16.2 Å². The number of hydrogen-bond acceptors (Lipinski definition) is 6. The molecule has 0 unspecified atom stereocenters. The summed E-state index contributed by atoms with van der Waals surface area (Å²) in [6.45, 7) is 0.488. The number of aliphatic hydroxyl groups excluding tert-OH is 1. The van der Waals surface area contributed by atoms with E-state index in [1.54, 1.807) is 11.0 Å². The second-order valence-corrected chi connectivity index (χ2v) is 8.52. The minimum absolute atomic E-state index is 0.00481. The molecule has 2 N–H and O–H groups in total. The highest BCUT2D eigenvalue weighted by molar-refractivity contribution is 8.26. The molecule has 2 heterocycles. The quantitative estimate of drug-likeness (QED) is 0.343. The fourth-order valence-corrected chi connectivity index (χ4v) is 4.32. The van der Waals surface area contributed by atoms with Crippen LogP contribution in [0.25, 0.3) is 17.3 Å². The molecule has 2 aromatic rings. The van der Waals surface area contributed by atoms with Crippen molar-refractivity contribution in [1.82, 2.24) is 9.88 Å². The summed E-state index contributed by atoms with van der Waals surface area (Å²) in [7, 11) is 0. The van der Waals surface area contributed by atoms with Crippen LogP contribution in [-0.4, -0.2) is 42.8 Å². The van der Waals surface area contributed by atoms with Gasteiger partial charge < -0.3 is 10.2 Å². The lowest BCUT2D eigenvalue weighted by atomic mass is 10.1. The van der Waals surface area contributed by atoms with Crippen molar-refractivity contribution in [3.8, 4) is 11.3 Å². The summed E-state index contributed by atoms with van der Waals surface area (Å²) in [5.74, 6) is -0.939. The van der Waals surface area contributed by atoms with Gasteiger partial charge >= 0.3 is 5.97 Å². The third-order valence-electron chi connectivity index (χ3n) is 4.63. The van der Waals surface area contributed by atoms with Gasteiger partial charge in [-0.25, -0.2) is 4.98 Å². The van der Waals surface area contributed by atoms with Crippen LogP contribution in [0.1, 0.15) is 36.9 Å². The number of carbonyl (C=O) groups excluding carboxylic acids is 1. The number of pyridine rings is 1. The van der Waals surface area contributed by atoms with Crippen molar-refractivity contribution in [2.75, 3.05) is 6.54 Å². The van der Waals surface area contributed by atoms with E-state index in [9.17, 15) is 14.7 Å². The molecule has 6 nitrogen and oxygen atoms in total. The Labute approximate surface area is 184 Å². The maximum Gasteiger partial charge on any atom is 0.303 e. The van der Waals surface area contributed by atoms with Gasteiger partial charge in [0.2, 0.25) is 0 Å². The van der Waals surface area contributed by atoms with E-state index in [0.29, 0.717) is 34.3 Å². The van der Waals surface area contributed by atoms with Crippen LogP contribution in [0.5, 0.6) is 0 Å². The van der Waals surface area contributed by atoms with E-state index >= 15 is 0 Å². The standard InChI is InChI=1S/C22H22N2O4S2/c25-14-15-8-10-16(11-9-15)18-6-4-5-17(23-18)13-19-21(28)24(22(29)30-19)12-3-1-2-7-20(26)27/h4-6,8-11,13,25H,1-3,7,12,14H2,(H,26,27)/b19-13-. The Balaban J connectivity index is 1.67. The summed E-state index contributed by atoms with van der Waals surface area (Å²) < 4.78 is 0.514. The van der Waals surface area contributed by atoms with Gasteiger partial charge in [0.25, 0.3) is 5.91 Å². The summed E-state index contributed by atoms with van der Waals surface area (Å²) in [4.78, 5) is 30.0. The fourth-order valence-electron chi connectivity index (χ4n) is 3.02. The Morgan fingerprint density at radius 3 is 2.60 bits per heavy atom. The van der Waals surface area contributed by atoms with Gasteiger partial charge in [0.1, 0.15) is 4.32 Å². The Bertz CT molecular complexity index is 973. The minimum atomic E-state index is -0.803. The van der Waals surface area contributed by atoms with Gasteiger partial charge in [-0.3, -0.25) is 14.5 Å². The molecule has 8 heteroatoms. The first kappa shape index (κ1) is 22.1. The van der Waals surface area contributed by atoms with Crippen molar-refractivity contribution < 1.29 is 19.8 Å². The SMILES string of the molecule is O=C(O)CCCCCN1C(=O)/C(=C/c2cccc(-c3ccc(CO)cc3)n2)SC1=S. The number of hydrogen-bond donors (Lipinski definition) is 2. The smallest absolute Gasteiger partial charge is 0.303 e. The molecule has 1 aliphatic rings. The first-order valence-corrected chi connectivity index (χ1v) is 10.8. The molecule has 156 valence electrons. The molecule has 3 rings (SSSR count). The normalized spacial score (nSPS) is 15.2. The van der Waals surface area contributed by atoms with Crippen molar-refractivity contribution in [3.63, 3.8) is 0 Å². The lowest BCUT2D eigenvalue weighted by Gasteiger charge is -2.13. The van der Waals surface area contributed by atoms with E-state index in [4.69, 9.17) is 17.3 Å². The van der Waals surface area contributed by atoms with Crippen molar-refractivity contribution in [2.45, 2.75) is 32.3 Å². The van der Waals surface area contributed by atoms with Crippen molar-refractivity contribution >= 4 is 46.3 Å². The number of thioether (sulfide) groups is 1. The molecular formula is C22H22N2O4S2. The van der Waals surface area contributed by atoms with E-state index in [1.165, 1.54) is 11.8 Å². The second kappa shape index (κ2) is 10.5. The van der Waals surface area contributed by atoms with E-state index in [-0.39, 0.29) is 18.9 Å². The third kappa shape index (κ3) is 5.75. The third-order valence-corrected chi connectivity index (χ3v) is 6.01. The summed E-state index contributed by atoms with van der Waals surface area (Å²) in [5, 5.41) is 17.9. The van der Waals surface area contributed by atoms with E-state index in [2.05, 4.69) is 4.98 Å². The molecule has 1 aromatic heterocycles. The van der Waals surface area contributed by atoms with Gasteiger partial charge in [0.15, 0.2) is 0 Å². The zero-order valence-corrected chi connectivity index (χ0v) is 17.9. The van der Waals surface area contributed by atoms with Crippen molar-refractivity contribution in [1.29, 1.82) is 0 Å². The summed E-state index contributed by atoms with van der Waals surface area (Å²) in [5.41, 5.74) is 3.21. The van der Waals surface area contributed by atoms with E-state index in [0.717, 1.165) is 23.2 Å². The van der Waals surface area contributed by atoms with Crippen LogP contribution in [0.4, 0.5) is 0 Å². The number of aromatic nitrogens is 1. The fraction of sp³-hybridized carbons (Fsp3) is 0.273. The molecule has 0 spiro atoms. The van der Waals surface area contributed by atoms with Gasteiger partial charge in [0, 0.05) is 18.5 Å². The maximum absolute atomic E-state index is 12.7. The topological polar surface area (TPSA) is 90.7 Å². The monoisotopic (exact) mass is 442 g/mol. The summed E-state index contributed by atoms with van der Waals surface area (Å²) in [6.07, 6.45) is 3.93. The average molecular weight is 443 g/mol. The number of aliphatic hydroxyl groups is 1. The maximum atomic E-state index is 12.7. The number of carboxylic acids is 1. The molecule has 0 aliphatic carbocycles. The minimum Gasteiger partial charge on any atom is -0.481 e. The Morgan fingerprint density at radius 2 is 1.90 bits per heavy atom. The molecule has 0 radical (unpaired) electrons. The highest BCUT2D eigenvalue weighted by atomic mass is 32.2. The van der Waals surface area contributed by atoms with Crippen molar-refractivity contribution in [3.05, 3.63) is 58.6 Å². The van der Waals surface area contributed by atoms with Crippen LogP contribution in [0.2, 0.25) is 0 Å². The number of nitrogens with zero attached hydrogens (tertiary/aromatic N) is 2. The average Bonchev–Trinajstić information content (AvgIpc) is 3.00. The lowest BCUT2D eigenvalue weighted by Crippen LogP contribution is -2.29. The highest BCUT2D eigenvalue weighted by Crippen LogP contribution is 2.32. The second-order valence-electron chi connectivity index (χ2n) is 6.84. The van der Waals surface area contributed by atoms with Gasteiger partial charge in [-0.1, -0.05) is 60.7 Å². The number of amides is 1. The predicted octanol–water partition coefficient (Wildman–Crippen LogP) is 4.09. The predicted molar refractivity (Wildman–Crippen MR) is 122 cm³/mol. The van der Waals surface area contributed by atoms with Crippen molar-refractivity contribution in [2.24, 2.45) is 0 Å². The van der Waals surface area contributed by atoms with Gasteiger partial charge in [0.05, 0.1) is 22.9 Å². The first-order valence-electron chi connectivity index (χ1n) is 9.62. The Kier molecular flexibility index (Phi) is 7.73. The number of unbranched alkanes of at least 4 members (excludes halogenated alkanes) is 2. The molecule has 1 fully saturated rings. The first-order chi connectivity index (χ1) is 14.5. The van der Waals surface area contributed by atoms with Crippen LogP contribution in [0, 0.1) is 0 Å². The number of carbonyl (C=O) groups is 2.